The lowest BCUT2D eigenvalue weighted by atomic mass is 10.1. The van der Waals surface area contributed by atoms with Crippen LogP contribution in [0.1, 0.15) is 17.5 Å². The van der Waals surface area contributed by atoms with E-state index in [1.165, 1.54) is 5.01 Å². The summed E-state index contributed by atoms with van der Waals surface area (Å²) >= 11 is 11.9. The summed E-state index contributed by atoms with van der Waals surface area (Å²) in [5.74, 6) is 0.237. The molecule has 1 aliphatic heterocycles. The first-order valence-electron chi connectivity index (χ1n) is 5.06. The molecule has 6 heteroatoms. The molecule has 2 rings (SSSR count). The molecule has 17 heavy (non-hydrogen) atoms. The Morgan fingerprint density at radius 2 is 2.18 bits per heavy atom. The van der Waals surface area contributed by atoms with Gasteiger partial charge in [0.25, 0.3) is 5.91 Å². The fraction of sp³-hybridized carbons (Fsp3) is 0.273. The van der Waals surface area contributed by atoms with Crippen molar-refractivity contribution in [1.82, 2.24) is 5.01 Å². The predicted octanol–water partition coefficient (Wildman–Crippen LogP) is 2.31. The molecule has 0 aromatic heterocycles. The highest BCUT2D eigenvalue weighted by Crippen LogP contribution is 2.28. The van der Waals surface area contributed by atoms with Gasteiger partial charge in [0.2, 0.25) is 0 Å². The smallest absolute Gasteiger partial charge is 0.250 e. The van der Waals surface area contributed by atoms with Crippen LogP contribution in [0.4, 0.5) is 0 Å². The van der Waals surface area contributed by atoms with Crippen LogP contribution in [0.5, 0.6) is 0 Å². The van der Waals surface area contributed by atoms with Crippen molar-refractivity contribution in [1.29, 1.82) is 0 Å². The predicted molar refractivity (Wildman–Crippen MR) is 68.0 cm³/mol. The summed E-state index contributed by atoms with van der Waals surface area (Å²) in [5.41, 5.74) is 7.26. The van der Waals surface area contributed by atoms with Gasteiger partial charge in [-0.3, -0.25) is 4.79 Å². The summed E-state index contributed by atoms with van der Waals surface area (Å²) < 4.78 is 0. The first-order chi connectivity index (χ1) is 7.99. The van der Waals surface area contributed by atoms with Crippen LogP contribution < -0.4 is 5.73 Å². The van der Waals surface area contributed by atoms with Crippen LogP contribution in [0.25, 0.3) is 0 Å². The maximum Gasteiger partial charge on any atom is 0.250 e. The minimum atomic E-state index is -0.104. The van der Waals surface area contributed by atoms with E-state index in [0.717, 1.165) is 11.1 Å². The van der Waals surface area contributed by atoms with E-state index in [1.54, 1.807) is 6.07 Å². The number of nitrogens with zero attached hydrogens (tertiary/aromatic N) is 2. The number of halogens is 2. The van der Waals surface area contributed by atoms with Gasteiger partial charge < -0.3 is 5.73 Å². The van der Waals surface area contributed by atoms with Crippen LogP contribution in [-0.2, 0) is 11.3 Å². The van der Waals surface area contributed by atoms with Gasteiger partial charge in [-0.1, -0.05) is 29.3 Å². The van der Waals surface area contributed by atoms with Crippen LogP contribution in [-0.4, -0.2) is 16.8 Å². The standard InChI is InChI=1S/C11H11Cl2N3O/c1-6-7(2-3-8(12)11(6)13)5-16-10(17)4-9(14)15-16/h2-3H,4-5H2,1H3,(H2,14,15). The summed E-state index contributed by atoms with van der Waals surface area (Å²) in [6.45, 7) is 2.22. The van der Waals surface area contributed by atoms with E-state index in [2.05, 4.69) is 5.10 Å². The molecule has 0 aliphatic carbocycles. The van der Waals surface area contributed by atoms with Crippen molar-refractivity contribution in [2.75, 3.05) is 0 Å². The third kappa shape index (κ3) is 2.37. The molecule has 0 unspecified atom stereocenters. The Bertz CT molecular complexity index is 514. The van der Waals surface area contributed by atoms with Crippen molar-refractivity contribution in [2.24, 2.45) is 10.8 Å². The number of amides is 1. The van der Waals surface area contributed by atoms with Crippen LogP contribution in [0, 0.1) is 6.92 Å². The average Bonchev–Trinajstić information content (AvgIpc) is 2.58. The minimum absolute atomic E-state index is 0.104. The molecule has 0 bridgehead atoms. The molecule has 2 N–H and O–H groups in total. The normalized spacial score (nSPS) is 15.4. The highest BCUT2D eigenvalue weighted by atomic mass is 35.5. The number of hydrazone groups is 1. The van der Waals surface area contributed by atoms with Gasteiger partial charge in [-0.2, -0.15) is 5.10 Å². The fourth-order valence-corrected chi connectivity index (χ4v) is 2.03. The highest BCUT2D eigenvalue weighted by molar-refractivity contribution is 6.42. The molecule has 1 aromatic carbocycles. The zero-order valence-corrected chi connectivity index (χ0v) is 10.7. The molecular formula is C11H11Cl2N3O. The fourth-order valence-electron chi connectivity index (χ4n) is 1.64. The Balaban J connectivity index is 2.26. The molecule has 0 saturated heterocycles. The van der Waals surface area contributed by atoms with Crippen molar-refractivity contribution in [3.8, 4) is 0 Å². The van der Waals surface area contributed by atoms with Crippen molar-refractivity contribution < 1.29 is 4.79 Å². The molecule has 0 spiro atoms. The van der Waals surface area contributed by atoms with E-state index in [0.29, 0.717) is 22.4 Å². The molecule has 0 saturated carbocycles. The van der Waals surface area contributed by atoms with E-state index < -0.39 is 0 Å². The van der Waals surface area contributed by atoms with Gasteiger partial charge in [0, 0.05) is 0 Å². The zero-order valence-electron chi connectivity index (χ0n) is 9.20. The number of benzene rings is 1. The van der Waals surface area contributed by atoms with Gasteiger partial charge >= 0.3 is 0 Å². The van der Waals surface area contributed by atoms with Crippen molar-refractivity contribution in [3.05, 3.63) is 33.3 Å². The number of hydrogen-bond acceptors (Lipinski definition) is 3. The summed E-state index contributed by atoms with van der Waals surface area (Å²) in [4.78, 5) is 11.5. The lowest BCUT2D eigenvalue weighted by molar-refractivity contribution is -0.129. The van der Waals surface area contributed by atoms with Gasteiger partial charge in [0.15, 0.2) is 0 Å². The Kier molecular flexibility index (Phi) is 3.26. The molecule has 1 aromatic rings. The van der Waals surface area contributed by atoms with Gasteiger partial charge in [0.1, 0.15) is 5.84 Å². The number of carbonyl (C=O) groups is 1. The largest absolute Gasteiger partial charge is 0.385 e. The molecule has 4 nitrogen and oxygen atoms in total. The third-order valence-corrected chi connectivity index (χ3v) is 3.54. The van der Waals surface area contributed by atoms with E-state index in [-0.39, 0.29) is 12.3 Å². The molecule has 0 radical (unpaired) electrons. The number of amidine groups is 1. The Morgan fingerprint density at radius 3 is 2.76 bits per heavy atom. The topological polar surface area (TPSA) is 58.7 Å². The Morgan fingerprint density at radius 1 is 1.47 bits per heavy atom. The second-order valence-electron chi connectivity index (χ2n) is 3.86. The summed E-state index contributed by atoms with van der Waals surface area (Å²) in [7, 11) is 0. The summed E-state index contributed by atoms with van der Waals surface area (Å²) in [6, 6.07) is 3.54. The average molecular weight is 272 g/mol. The van der Waals surface area contributed by atoms with E-state index in [4.69, 9.17) is 28.9 Å². The van der Waals surface area contributed by atoms with Crippen LogP contribution in [0.2, 0.25) is 10.0 Å². The second kappa shape index (κ2) is 4.55. The zero-order chi connectivity index (χ0) is 12.6. The molecular weight excluding hydrogens is 261 g/mol. The summed E-state index contributed by atoms with van der Waals surface area (Å²) in [6.07, 6.45) is 0.181. The molecule has 0 fully saturated rings. The van der Waals surface area contributed by atoms with Gasteiger partial charge in [-0.15, -0.1) is 0 Å². The molecule has 1 aliphatic rings. The van der Waals surface area contributed by atoms with Crippen LogP contribution >= 0.6 is 23.2 Å². The monoisotopic (exact) mass is 271 g/mol. The highest BCUT2D eigenvalue weighted by Gasteiger charge is 2.22. The Labute approximate surface area is 109 Å². The van der Waals surface area contributed by atoms with Crippen molar-refractivity contribution in [3.63, 3.8) is 0 Å². The first-order valence-corrected chi connectivity index (χ1v) is 5.81. The second-order valence-corrected chi connectivity index (χ2v) is 4.65. The first kappa shape index (κ1) is 12.2. The SMILES string of the molecule is Cc1c(CN2N=C(N)CC2=O)ccc(Cl)c1Cl. The van der Waals surface area contributed by atoms with Gasteiger partial charge in [0.05, 0.1) is 23.0 Å². The lowest BCUT2D eigenvalue weighted by Crippen LogP contribution is -2.20. The molecule has 90 valence electrons. The quantitative estimate of drug-likeness (QED) is 0.898. The Hall–Kier alpha value is -1.26. The maximum absolute atomic E-state index is 11.5. The minimum Gasteiger partial charge on any atom is -0.385 e. The maximum atomic E-state index is 11.5. The van der Waals surface area contributed by atoms with E-state index >= 15 is 0 Å². The number of nitrogens with two attached hydrogens (primary N) is 1. The van der Waals surface area contributed by atoms with Crippen LogP contribution in [0.3, 0.4) is 0 Å². The number of rotatable bonds is 2. The van der Waals surface area contributed by atoms with E-state index in [1.807, 2.05) is 13.0 Å². The lowest BCUT2D eigenvalue weighted by Gasteiger charge is -2.14. The summed E-state index contributed by atoms with van der Waals surface area (Å²) in [5, 5.41) is 6.32. The van der Waals surface area contributed by atoms with Gasteiger partial charge in [-0.25, -0.2) is 5.01 Å². The molecule has 0 atom stereocenters. The van der Waals surface area contributed by atoms with Gasteiger partial charge in [-0.05, 0) is 24.1 Å². The molecule has 1 heterocycles. The third-order valence-electron chi connectivity index (χ3n) is 2.64. The molecule has 1 amide bonds. The van der Waals surface area contributed by atoms with E-state index in [9.17, 15) is 4.79 Å². The van der Waals surface area contributed by atoms with Crippen molar-refractivity contribution in [2.45, 2.75) is 19.9 Å². The number of hydrogen-bond donors (Lipinski definition) is 1. The van der Waals surface area contributed by atoms with Crippen molar-refractivity contribution >= 4 is 34.9 Å². The number of carbonyl (C=O) groups excluding carboxylic acids is 1. The van der Waals surface area contributed by atoms with Crippen LogP contribution in [0.15, 0.2) is 17.2 Å².